The molecule has 0 bridgehead atoms. The Kier molecular flexibility index (Phi) is 2.71. The van der Waals surface area contributed by atoms with Gasteiger partial charge >= 0.3 is 0 Å². The number of fused-ring (bicyclic) bond motifs is 2. The molecule has 4 aromatic rings. The lowest BCUT2D eigenvalue weighted by Crippen LogP contribution is -1.91. The molecule has 3 nitrogen and oxygen atoms in total. The van der Waals surface area contributed by atoms with E-state index in [9.17, 15) is 0 Å². The number of para-hydroxylation sites is 1. The highest BCUT2D eigenvalue weighted by molar-refractivity contribution is 5.81. The van der Waals surface area contributed by atoms with E-state index < -0.39 is 0 Å². The average Bonchev–Trinajstić information content (AvgIpc) is 2.89. The molecule has 0 saturated heterocycles. The zero-order valence-electron chi connectivity index (χ0n) is 11.8. The smallest absolute Gasteiger partial charge is 0.125 e. The Balaban J connectivity index is 1.71. The van der Waals surface area contributed by atoms with Gasteiger partial charge in [-0.25, -0.2) is 9.97 Å². The monoisotopic (exact) mass is 273 g/mol. The molecule has 2 aromatic heterocycles. The first-order chi connectivity index (χ1) is 10.3. The minimum Gasteiger partial charge on any atom is -0.358 e. The summed E-state index contributed by atoms with van der Waals surface area (Å²) in [6.45, 7) is 1.91. The number of hydrogen-bond donors (Lipinski definition) is 1. The van der Waals surface area contributed by atoms with Crippen molar-refractivity contribution in [3.05, 3.63) is 71.8 Å². The van der Waals surface area contributed by atoms with Gasteiger partial charge in [0.2, 0.25) is 0 Å². The number of nitrogens with one attached hydrogen (secondary N) is 1. The molecule has 1 N–H and O–H groups in total. The number of H-pyrrole nitrogens is 1. The third-order valence-corrected chi connectivity index (χ3v) is 3.74. The van der Waals surface area contributed by atoms with E-state index in [1.807, 2.05) is 13.1 Å². The van der Waals surface area contributed by atoms with Crippen LogP contribution in [0.1, 0.15) is 17.1 Å². The Morgan fingerprint density at radius 3 is 2.81 bits per heavy atom. The molecule has 21 heavy (non-hydrogen) atoms. The van der Waals surface area contributed by atoms with E-state index in [-0.39, 0.29) is 0 Å². The lowest BCUT2D eigenvalue weighted by molar-refractivity contribution is 1.08. The summed E-state index contributed by atoms with van der Waals surface area (Å²) >= 11 is 0. The van der Waals surface area contributed by atoms with E-state index in [0.717, 1.165) is 23.1 Å². The largest absolute Gasteiger partial charge is 0.358 e. The summed E-state index contributed by atoms with van der Waals surface area (Å²) < 4.78 is 0. The Morgan fingerprint density at radius 1 is 1.00 bits per heavy atom. The van der Waals surface area contributed by atoms with Gasteiger partial charge in [-0.3, -0.25) is 0 Å². The van der Waals surface area contributed by atoms with Gasteiger partial charge in [-0.05, 0) is 42.1 Å². The number of aromatic nitrogens is 3. The van der Waals surface area contributed by atoms with Gasteiger partial charge in [-0.2, -0.15) is 0 Å². The Morgan fingerprint density at radius 2 is 1.90 bits per heavy atom. The fourth-order valence-corrected chi connectivity index (χ4v) is 2.73. The van der Waals surface area contributed by atoms with E-state index in [1.54, 1.807) is 0 Å². The maximum Gasteiger partial charge on any atom is 0.125 e. The van der Waals surface area contributed by atoms with E-state index in [2.05, 4.69) is 63.5 Å². The second kappa shape index (κ2) is 4.70. The fraction of sp³-hybridized carbons (Fsp3) is 0.111. The summed E-state index contributed by atoms with van der Waals surface area (Å²) in [6.07, 6.45) is 2.78. The molecule has 2 heterocycles. The maximum absolute atomic E-state index is 4.44. The normalized spacial score (nSPS) is 11.3. The second-order valence-corrected chi connectivity index (χ2v) is 5.37. The predicted molar refractivity (Wildman–Crippen MR) is 85.4 cm³/mol. The lowest BCUT2D eigenvalue weighted by atomic mass is 10.1. The second-order valence-electron chi connectivity index (χ2n) is 5.37. The summed E-state index contributed by atoms with van der Waals surface area (Å²) in [5.74, 6) is 0.811. The number of benzene rings is 2. The quantitative estimate of drug-likeness (QED) is 0.599. The van der Waals surface area contributed by atoms with Crippen LogP contribution >= 0.6 is 0 Å². The molecule has 0 saturated carbocycles. The highest BCUT2D eigenvalue weighted by Crippen LogP contribution is 2.19. The number of aromatic amines is 1. The van der Waals surface area contributed by atoms with Crippen LogP contribution in [0.4, 0.5) is 0 Å². The summed E-state index contributed by atoms with van der Waals surface area (Å²) in [5.41, 5.74) is 4.68. The van der Waals surface area contributed by atoms with Crippen molar-refractivity contribution in [3.8, 4) is 0 Å². The minimum atomic E-state index is 0.811. The maximum atomic E-state index is 4.44. The third kappa shape index (κ3) is 2.27. The number of rotatable bonds is 2. The highest BCUT2D eigenvalue weighted by Gasteiger charge is 2.03. The van der Waals surface area contributed by atoms with Crippen molar-refractivity contribution in [2.45, 2.75) is 13.3 Å². The SMILES string of the molecule is Cc1ncc2cc(Cc3cc4ccccc4[nH]3)ccc2n1. The lowest BCUT2D eigenvalue weighted by Gasteiger charge is -2.02. The van der Waals surface area contributed by atoms with Crippen LogP contribution in [0.25, 0.3) is 21.8 Å². The van der Waals surface area contributed by atoms with Crippen LogP contribution in [0.5, 0.6) is 0 Å². The summed E-state index contributed by atoms with van der Waals surface area (Å²) in [6, 6.07) is 16.9. The van der Waals surface area contributed by atoms with Crippen LogP contribution in [0.15, 0.2) is 54.7 Å². The molecule has 3 heteroatoms. The van der Waals surface area contributed by atoms with Crippen molar-refractivity contribution in [3.63, 3.8) is 0 Å². The van der Waals surface area contributed by atoms with Gasteiger partial charge in [0.05, 0.1) is 5.52 Å². The molecule has 0 fully saturated rings. The van der Waals surface area contributed by atoms with Crippen LogP contribution in [0.2, 0.25) is 0 Å². The first-order valence-corrected chi connectivity index (χ1v) is 7.07. The first kappa shape index (κ1) is 12.1. The molecular formula is C18H15N3. The van der Waals surface area contributed by atoms with Gasteiger partial charge < -0.3 is 4.98 Å². The Hall–Kier alpha value is -2.68. The van der Waals surface area contributed by atoms with E-state index >= 15 is 0 Å². The molecule has 4 rings (SSSR count). The van der Waals surface area contributed by atoms with Crippen molar-refractivity contribution in [2.75, 3.05) is 0 Å². The van der Waals surface area contributed by atoms with E-state index in [1.165, 1.54) is 22.2 Å². The van der Waals surface area contributed by atoms with Crippen LogP contribution in [0, 0.1) is 6.92 Å². The zero-order valence-corrected chi connectivity index (χ0v) is 11.8. The van der Waals surface area contributed by atoms with Gasteiger partial charge in [0.25, 0.3) is 0 Å². The standard InChI is InChI=1S/C18H15N3/c1-12-19-11-15-8-13(6-7-18(15)20-12)9-16-10-14-4-2-3-5-17(14)21-16/h2-8,10-11,21H,9H2,1H3. The Labute approximate surface area is 122 Å². The number of hydrogen-bond acceptors (Lipinski definition) is 2. The molecular weight excluding hydrogens is 258 g/mol. The molecule has 0 spiro atoms. The van der Waals surface area contributed by atoms with Gasteiger partial charge in [0.15, 0.2) is 0 Å². The Bertz CT molecular complexity index is 904. The summed E-state index contributed by atoms with van der Waals surface area (Å²) in [4.78, 5) is 12.2. The van der Waals surface area contributed by atoms with Crippen LogP contribution in [-0.4, -0.2) is 15.0 Å². The predicted octanol–water partition coefficient (Wildman–Crippen LogP) is 4.01. The van der Waals surface area contributed by atoms with Crippen molar-refractivity contribution < 1.29 is 0 Å². The van der Waals surface area contributed by atoms with Gasteiger partial charge in [0.1, 0.15) is 5.82 Å². The van der Waals surface area contributed by atoms with Crippen LogP contribution < -0.4 is 0 Å². The van der Waals surface area contributed by atoms with Crippen molar-refractivity contribution >= 4 is 21.8 Å². The number of aryl methyl sites for hydroxylation is 1. The third-order valence-electron chi connectivity index (χ3n) is 3.74. The van der Waals surface area contributed by atoms with E-state index in [4.69, 9.17) is 0 Å². The minimum absolute atomic E-state index is 0.811. The molecule has 0 aliphatic heterocycles. The van der Waals surface area contributed by atoms with Crippen molar-refractivity contribution in [1.29, 1.82) is 0 Å². The summed E-state index contributed by atoms with van der Waals surface area (Å²) in [5, 5.41) is 2.35. The van der Waals surface area contributed by atoms with Crippen LogP contribution in [-0.2, 0) is 6.42 Å². The molecule has 0 amide bonds. The molecule has 0 aliphatic rings. The zero-order chi connectivity index (χ0) is 14.2. The highest BCUT2D eigenvalue weighted by atomic mass is 14.9. The van der Waals surface area contributed by atoms with Gasteiger partial charge in [-0.15, -0.1) is 0 Å². The van der Waals surface area contributed by atoms with E-state index in [0.29, 0.717) is 0 Å². The average molecular weight is 273 g/mol. The molecule has 2 aromatic carbocycles. The topological polar surface area (TPSA) is 41.6 Å². The van der Waals surface area contributed by atoms with Gasteiger partial charge in [-0.1, -0.05) is 24.3 Å². The molecule has 0 radical (unpaired) electrons. The molecule has 0 unspecified atom stereocenters. The number of nitrogens with zero attached hydrogens (tertiary/aromatic N) is 2. The molecule has 0 atom stereocenters. The van der Waals surface area contributed by atoms with Gasteiger partial charge in [0, 0.05) is 29.2 Å². The summed E-state index contributed by atoms with van der Waals surface area (Å²) in [7, 11) is 0. The van der Waals surface area contributed by atoms with Crippen molar-refractivity contribution in [1.82, 2.24) is 15.0 Å². The fourth-order valence-electron chi connectivity index (χ4n) is 2.73. The van der Waals surface area contributed by atoms with Crippen molar-refractivity contribution in [2.24, 2.45) is 0 Å². The molecule has 0 aliphatic carbocycles. The molecule has 102 valence electrons. The van der Waals surface area contributed by atoms with Crippen LogP contribution in [0.3, 0.4) is 0 Å². The first-order valence-electron chi connectivity index (χ1n) is 7.07.